The van der Waals surface area contributed by atoms with E-state index in [2.05, 4.69) is 72.3 Å². The molecular weight excluding hydrogens is 282 g/mol. The van der Waals surface area contributed by atoms with Crippen LogP contribution >= 0.6 is 0 Å². The van der Waals surface area contributed by atoms with Crippen molar-refractivity contribution >= 4 is 11.2 Å². The van der Waals surface area contributed by atoms with Crippen molar-refractivity contribution in [3.05, 3.63) is 78.2 Å². The number of nitrogens with zero attached hydrogens (tertiary/aromatic N) is 3. The minimum atomic E-state index is 0.881. The predicted octanol–water partition coefficient (Wildman–Crippen LogP) is 4.70. The molecule has 0 bridgehead atoms. The van der Waals surface area contributed by atoms with E-state index in [1.54, 1.807) is 0 Å². The monoisotopic (exact) mass is 299 g/mol. The maximum absolute atomic E-state index is 4.62. The van der Waals surface area contributed by atoms with E-state index in [0.29, 0.717) is 0 Å². The van der Waals surface area contributed by atoms with E-state index in [9.17, 15) is 0 Å². The topological polar surface area (TPSA) is 30.7 Å². The van der Waals surface area contributed by atoms with Gasteiger partial charge in [-0.3, -0.25) is 4.57 Å². The fourth-order valence-corrected chi connectivity index (χ4v) is 2.78. The van der Waals surface area contributed by atoms with Crippen molar-refractivity contribution in [2.24, 2.45) is 0 Å². The maximum Gasteiger partial charge on any atom is 0.165 e. The van der Waals surface area contributed by atoms with Crippen LogP contribution in [-0.4, -0.2) is 14.5 Å². The summed E-state index contributed by atoms with van der Waals surface area (Å²) in [7, 11) is 0. The Labute approximate surface area is 135 Å². The molecule has 3 nitrogen and oxygen atoms in total. The van der Waals surface area contributed by atoms with Crippen molar-refractivity contribution in [1.82, 2.24) is 14.5 Å². The number of fused-ring (bicyclic) bond motifs is 1. The molecule has 0 atom stereocenters. The summed E-state index contributed by atoms with van der Waals surface area (Å²) in [6.07, 6.45) is 3.70. The summed E-state index contributed by atoms with van der Waals surface area (Å²) in [5.41, 5.74) is 7.66. The Balaban J connectivity index is 1.89. The molecule has 0 saturated heterocycles. The number of hydrogen-bond acceptors (Lipinski definition) is 2. The highest BCUT2D eigenvalue weighted by atomic mass is 15.1. The van der Waals surface area contributed by atoms with E-state index in [1.165, 1.54) is 11.1 Å². The molecular formula is C20H17N3. The number of hydrogen-bond donors (Lipinski definition) is 0. The van der Waals surface area contributed by atoms with Gasteiger partial charge in [0.15, 0.2) is 5.65 Å². The van der Waals surface area contributed by atoms with Gasteiger partial charge in [-0.1, -0.05) is 47.5 Å². The number of pyridine rings is 1. The molecule has 0 radical (unpaired) electrons. The van der Waals surface area contributed by atoms with Crippen molar-refractivity contribution in [3.63, 3.8) is 0 Å². The third-order valence-corrected chi connectivity index (χ3v) is 4.11. The van der Waals surface area contributed by atoms with Gasteiger partial charge in [0.1, 0.15) is 11.8 Å². The number of benzene rings is 2. The highest BCUT2D eigenvalue weighted by Crippen LogP contribution is 2.27. The van der Waals surface area contributed by atoms with Crippen LogP contribution in [0, 0.1) is 13.8 Å². The van der Waals surface area contributed by atoms with Gasteiger partial charge in [-0.2, -0.15) is 0 Å². The second-order valence-corrected chi connectivity index (χ2v) is 5.85. The quantitative estimate of drug-likeness (QED) is 0.537. The lowest BCUT2D eigenvalue weighted by atomic mass is 10.0. The van der Waals surface area contributed by atoms with Crippen LogP contribution in [0.1, 0.15) is 11.1 Å². The van der Waals surface area contributed by atoms with Gasteiger partial charge < -0.3 is 0 Å². The number of aromatic nitrogens is 3. The summed E-state index contributed by atoms with van der Waals surface area (Å²) in [6.45, 7) is 4.18. The van der Waals surface area contributed by atoms with Crippen molar-refractivity contribution in [2.45, 2.75) is 13.8 Å². The largest absolute Gasteiger partial charge is 0.283 e. The molecule has 112 valence electrons. The fraction of sp³-hybridized carbons (Fsp3) is 0.100. The summed E-state index contributed by atoms with van der Waals surface area (Å²) < 4.78 is 2.03. The third kappa shape index (κ3) is 2.40. The molecule has 0 N–H and O–H groups in total. The Morgan fingerprint density at radius 3 is 2.09 bits per heavy atom. The molecule has 4 aromatic rings. The first-order valence-corrected chi connectivity index (χ1v) is 7.68. The van der Waals surface area contributed by atoms with Gasteiger partial charge in [-0.25, -0.2) is 9.97 Å². The first-order chi connectivity index (χ1) is 11.2. The van der Waals surface area contributed by atoms with Crippen LogP contribution in [0.3, 0.4) is 0 Å². The van der Waals surface area contributed by atoms with Crippen molar-refractivity contribution in [1.29, 1.82) is 0 Å². The average Bonchev–Trinajstić information content (AvgIpc) is 3.00. The molecule has 2 aromatic heterocycles. The molecule has 0 unspecified atom stereocenters. The molecule has 3 heteroatoms. The molecule has 2 aromatic carbocycles. The molecule has 4 rings (SSSR count). The second-order valence-electron chi connectivity index (χ2n) is 5.85. The molecule has 0 aliphatic rings. The minimum Gasteiger partial charge on any atom is -0.283 e. The van der Waals surface area contributed by atoms with Crippen molar-refractivity contribution < 1.29 is 0 Å². The molecule has 0 spiro atoms. The third-order valence-electron chi connectivity index (χ3n) is 4.11. The van der Waals surface area contributed by atoms with Crippen LogP contribution in [0.4, 0.5) is 0 Å². The van der Waals surface area contributed by atoms with Gasteiger partial charge in [0.05, 0.1) is 0 Å². The van der Waals surface area contributed by atoms with E-state index < -0.39 is 0 Å². The van der Waals surface area contributed by atoms with Gasteiger partial charge >= 0.3 is 0 Å². The molecule has 0 fully saturated rings. The Bertz CT molecular complexity index is 964. The molecule has 2 heterocycles. The van der Waals surface area contributed by atoms with Gasteiger partial charge in [0, 0.05) is 17.4 Å². The van der Waals surface area contributed by atoms with Gasteiger partial charge in [-0.15, -0.1) is 0 Å². The van der Waals surface area contributed by atoms with Gasteiger partial charge in [-0.05, 0) is 37.6 Å². The van der Waals surface area contributed by atoms with Gasteiger partial charge in [0.25, 0.3) is 0 Å². The lowest BCUT2D eigenvalue weighted by molar-refractivity contribution is 1.07. The summed E-state index contributed by atoms with van der Waals surface area (Å²) in [5, 5.41) is 0. The Hall–Kier alpha value is -2.94. The minimum absolute atomic E-state index is 0.881. The number of aryl methyl sites for hydroxylation is 2. The zero-order chi connectivity index (χ0) is 15.8. The van der Waals surface area contributed by atoms with Crippen LogP contribution < -0.4 is 0 Å². The smallest absolute Gasteiger partial charge is 0.165 e. The normalized spacial score (nSPS) is 11.0. The standard InChI is InChI=1S/C20H17N3/c1-14-3-7-16(8-4-14)18-11-12-21-20-19(18)22-13-23(20)17-9-5-15(2)6-10-17/h3-13H,1-2H3. The predicted molar refractivity (Wildman–Crippen MR) is 93.8 cm³/mol. The van der Waals surface area contributed by atoms with Crippen LogP contribution in [-0.2, 0) is 0 Å². The highest BCUT2D eigenvalue weighted by Gasteiger charge is 2.11. The molecule has 0 aliphatic carbocycles. The Kier molecular flexibility index (Phi) is 3.19. The summed E-state index contributed by atoms with van der Waals surface area (Å²) >= 11 is 0. The number of imidazole rings is 1. The lowest BCUT2D eigenvalue weighted by Crippen LogP contribution is -1.94. The van der Waals surface area contributed by atoms with Gasteiger partial charge in [0.2, 0.25) is 0 Å². The Morgan fingerprint density at radius 2 is 1.39 bits per heavy atom. The molecule has 0 saturated carbocycles. The lowest BCUT2D eigenvalue weighted by Gasteiger charge is -2.06. The first-order valence-electron chi connectivity index (χ1n) is 7.68. The fourth-order valence-electron chi connectivity index (χ4n) is 2.78. The van der Waals surface area contributed by atoms with Crippen LogP contribution in [0.15, 0.2) is 67.1 Å². The molecule has 0 aliphatic heterocycles. The number of rotatable bonds is 2. The van der Waals surface area contributed by atoms with E-state index >= 15 is 0 Å². The maximum atomic E-state index is 4.62. The average molecular weight is 299 g/mol. The molecule has 0 amide bonds. The van der Waals surface area contributed by atoms with Crippen LogP contribution in [0.25, 0.3) is 28.0 Å². The Morgan fingerprint density at radius 1 is 0.739 bits per heavy atom. The van der Waals surface area contributed by atoms with E-state index in [4.69, 9.17) is 0 Å². The van der Waals surface area contributed by atoms with E-state index in [-0.39, 0.29) is 0 Å². The van der Waals surface area contributed by atoms with Crippen LogP contribution in [0.2, 0.25) is 0 Å². The van der Waals surface area contributed by atoms with E-state index in [1.807, 2.05) is 23.2 Å². The van der Waals surface area contributed by atoms with E-state index in [0.717, 1.165) is 28.0 Å². The SMILES string of the molecule is Cc1ccc(-c2ccnc3c2ncn3-c2ccc(C)cc2)cc1. The second kappa shape index (κ2) is 5.36. The van der Waals surface area contributed by atoms with Crippen molar-refractivity contribution in [3.8, 4) is 16.8 Å². The first kappa shape index (κ1) is 13.7. The zero-order valence-electron chi connectivity index (χ0n) is 13.2. The van der Waals surface area contributed by atoms with Crippen LogP contribution in [0.5, 0.6) is 0 Å². The van der Waals surface area contributed by atoms with Crippen molar-refractivity contribution in [2.75, 3.05) is 0 Å². The molecule has 23 heavy (non-hydrogen) atoms. The summed E-state index contributed by atoms with van der Waals surface area (Å²) in [5.74, 6) is 0. The zero-order valence-corrected chi connectivity index (χ0v) is 13.2. The highest BCUT2D eigenvalue weighted by molar-refractivity contribution is 5.90. The summed E-state index contributed by atoms with van der Waals surface area (Å²) in [6, 6.07) is 18.9. The summed E-state index contributed by atoms with van der Waals surface area (Å²) in [4.78, 5) is 9.16.